The lowest BCUT2D eigenvalue weighted by atomic mass is 10.1. The molecule has 160 valence electrons. The molecule has 0 unspecified atom stereocenters. The van der Waals surface area contributed by atoms with E-state index in [1.54, 1.807) is 31.3 Å². The lowest BCUT2D eigenvalue weighted by Gasteiger charge is -2.15. The zero-order chi connectivity index (χ0) is 22.1. The van der Waals surface area contributed by atoms with Gasteiger partial charge in [-0.15, -0.1) is 0 Å². The number of hydrogen-bond acceptors (Lipinski definition) is 5. The number of benzene rings is 2. The molecule has 2 aromatic carbocycles. The van der Waals surface area contributed by atoms with Crippen molar-refractivity contribution < 1.29 is 14.3 Å². The third-order valence-corrected chi connectivity index (χ3v) is 5.20. The molecule has 0 atom stereocenters. The number of aromatic amines is 1. The van der Waals surface area contributed by atoms with Crippen LogP contribution in [-0.2, 0) is 0 Å². The topological polar surface area (TPSA) is 93.3 Å². The molecule has 0 aliphatic carbocycles. The highest BCUT2D eigenvalue weighted by atomic mass is 19.1. The summed E-state index contributed by atoms with van der Waals surface area (Å²) in [7, 11) is 5.73. The van der Waals surface area contributed by atoms with Crippen molar-refractivity contribution in [2.75, 3.05) is 44.9 Å². The van der Waals surface area contributed by atoms with Gasteiger partial charge in [0.1, 0.15) is 5.82 Å². The predicted octanol–water partition coefficient (Wildman–Crippen LogP) is 4.24. The molecule has 7 nitrogen and oxygen atoms in total. The van der Waals surface area contributed by atoms with Crippen molar-refractivity contribution in [2.45, 2.75) is 0 Å². The van der Waals surface area contributed by atoms with Gasteiger partial charge >= 0.3 is 5.97 Å². The summed E-state index contributed by atoms with van der Waals surface area (Å²) in [6, 6.07) is 11.5. The fraction of sp³-hybridized carbons (Fsp3) is 0.217. The molecular weight excluding hydrogens is 397 g/mol. The molecule has 2 heterocycles. The summed E-state index contributed by atoms with van der Waals surface area (Å²) < 4.78 is 14.3. The molecule has 8 heteroatoms. The second-order valence-electron chi connectivity index (χ2n) is 7.64. The Morgan fingerprint density at radius 1 is 1.19 bits per heavy atom. The first-order chi connectivity index (χ1) is 14.9. The van der Waals surface area contributed by atoms with Crippen molar-refractivity contribution in [2.24, 2.45) is 0 Å². The van der Waals surface area contributed by atoms with Crippen molar-refractivity contribution in [3.63, 3.8) is 0 Å². The van der Waals surface area contributed by atoms with Gasteiger partial charge in [0, 0.05) is 31.2 Å². The number of nitrogens with zero attached hydrogens (tertiary/aromatic N) is 2. The summed E-state index contributed by atoms with van der Waals surface area (Å²) in [5.41, 5.74) is 5.45. The van der Waals surface area contributed by atoms with Gasteiger partial charge in [-0.25, -0.2) is 14.2 Å². The standard InChI is InChI=1S/C23H24FN5O2/c1-25-18-11-15(24)10-16-20(18)28-19-12-17(13-4-6-14(7-5-13)23(30)31)27-22(19)21(16)26-8-9-29(2)3/h4-7,10-12,25,27H,8-9H2,1-3H3,(H,26,28)(H,30,31). The van der Waals surface area contributed by atoms with Crippen molar-refractivity contribution in [3.8, 4) is 11.3 Å². The minimum absolute atomic E-state index is 0.226. The van der Waals surface area contributed by atoms with Crippen LogP contribution in [0.2, 0.25) is 0 Å². The minimum atomic E-state index is -0.967. The van der Waals surface area contributed by atoms with Gasteiger partial charge in [-0.05, 0) is 50.0 Å². The Balaban J connectivity index is 1.89. The van der Waals surface area contributed by atoms with Crippen LogP contribution in [0, 0.1) is 5.82 Å². The number of rotatable bonds is 7. The monoisotopic (exact) mass is 421 g/mol. The molecule has 0 amide bonds. The number of fused-ring (bicyclic) bond motifs is 2. The number of carboxylic acid groups (broad SMARTS) is 1. The molecule has 0 bridgehead atoms. The highest BCUT2D eigenvalue weighted by Crippen LogP contribution is 2.36. The Hall–Kier alpha value is -3.65. The van der Waals surface area contributed by atoms with Crippen LogP contribution in [0.4, 0.5) is 15.8 Å². The Bertz CT molecular complexity index is 1260. The highest BCUT2D eigenvalue weighted by Gasteiger charge is 2.16. The average Bonchev–Trinajstić information content (AvgIpc) is 3.17. The number of pyridine rings is 1. The van der Waals surface area contributed by atoms with Crippen LogP contribution in [0.3, 0.4) is 0 Å². The maximum Gasteiger partial charge on any atom is 0.335 e. The van der Waals surface area contributed by atoms with E-state index in [1.807, 2.05) is 20.2 Å². The molecule has 4 aromatic rings. The number of carboxylic acids is 1. The Kier molecular flexibility index (Phi) is 5.48. The van der Waals surface area contributed by atoms with Crippen molar-refractivity contribution in [1.82, 2.24) is 14.9 Å². The van der Waals surface area contributed by atoms with E-state index in [0.29, 0.717) is 23.1 Å². The molecule has 0 spiro atoms. The molecule has 2 aromatic heterocycles. The number of nitrogens with one attached hydrogen (secondary N) is 3. The van der Waals surface area contributed by atoms with E-state index in [0.717, 1.165) is 34.5 Å². The molecular formula is C23H24FN5O2. The van der Waals surface area contributed by atoms with Crippen LogP contribution >= 0.6 is 0 Å². The molecule has 31 heavy (non-hydrogen) atoms. The third-order valence-electron chi connectivity index (χ3n) is 5.20. The zero-order valence-corrected chi connectivity index (χ0v) is 17.6. The van der Waals surface area contributed by atoms with Gasteiger partial charge in [-0.2, -0.15) is 0 Å². The SMILES string of the molecule is CNc1cc(F)cc2c(NCCN(C)C)c3[nH]c(-c4ccc(C(=O)O)cc4)cc3nc12. The Morgan fingerprint density at radius 3 is 2.58 bits per heavy atom. The number of aromatic carboxylic acids is 1. The summed E-state index contributed by atoms with van der Waals surface area (Å²) >= 11 is 0. The first-order valence-electron chi connectivity index (χ1n) is 9.93. The highest BCUT2D eigenvalue weighted by molar-refractivity contribution is 6.10. The molecule has 0 aliphatic rings. The lowest BCUT2D eigenvalue weighted by Crippen LogP contribution is -2.21. The van der Waals surface area contributed by atoms with Crippen LogP contribution in [0.1, 0.15) is 10.4 Å². The summed E-state index contributed by atoms with van der Waals surface area (Å²) in [6.07, 6.45) is 0. The van der Waals surface area contributed by atoms with Crippen LogP contribution in [-0.4, -0.2) is 60.2 Å². The first kappa shape index (κ1) is 20.6. The first-order valence-corrected chi connectivity index (χ1v) is 9.93. The molecule has 0 fully saturated rings. The van der Waals surface area contributed by atoms with Crippen LogP contribution < -0.4 is 10.6 Å². The molecule has 0 saturated heterocycles. The molecule has 4 N–H and O–H groups in total. The largest absolute Gasteiger partial charge is 0.478 e. The van der Waals surface area contributed by atoms with Crippen molar-refractivity contribution in [1.29, 1.82) is 0 Å². The number of likely N-dealkylation sites (N-methyl/N-ethyl adjacent to an activating group) is 1. The third kappa shape index (κ3) is 4.02. The molecule has 0 radical (unpaired) electrons. The number of hydrogen-bond donors (Lipinski definition) is 4. The summed E-state index contributed by atoms with van der Waals surface area (Å²) in [4.78, 5) is 21.4. The van der Waals surface area contributed by atoms with E-state index in [1.165, 1.54) is 12.1 Å². The molecule has 0 aliphatic heterocycles. The van der Waals surface area contributed by atoms with Crippen LogP contribution in [0.15, 0.2) is 42.5 Å². The second-order valence-corrected chi connectivity index (χ2v) is 7.64. The normalized spacial score (nSPS) is 11.4. The smallest absolute Gasteiger partial charge is 0.335 e. The summed E-state index contributed by atoms with van der Waals surface area (Å²) in [5.74, 6) is -1.31. The molecule has 0 saturated carbocycles. The fourth-order valence-electron chi connectivity index (χ4n) is 3.61. The second kappa shape index (κ2) is 8.23. The van der Waals surface area contributed by atoms with E-state index in [4.69, 9.17) is 10.1 Å². The van der Waals surface area contributed by atoms with E-state index in [9.17, 15) is 9.18 Å². The average molecular weight is 421 g/mol. The number of halogens is 1. The van der Waals surface area contributed by atoms with E-state index < -0.39 is 5.97 Å². The number of aromatic nitrogens is 2. The lowest BCUT2D eigenvalue weighted by molar-refractivity contribution is 0.0697. The van der Waals surface area contributed by atoms with Crippen molar-refractivity contribution in [3.05, 3.63) is 53.8 Å². The van der Waals surface area contributed by atoms with Gasteiger partial charge in [0.15, 0.2) is 0 Å². The summed E-state index contributed by atoms with van der Waals surface area (Å²) in [6.45, 7) is 1.48. The number of carbonyl (C=O) groups is 1. The van der Waals surface area contributed by atoms with E-state index >= 15 is 0 Å². The predicted molar refractivity (Wildman–Crippen MR) is 123 cm³/mol. The quantitative estimate of drug-likeness (QED) is 0.357. The Labute approximate surface area is 178 Å². The van der Waals surface area contributed by atoms with Gasteiger partial charge in [0.2, 0.25) is 0 Å². The van der Waals surface area contributed by atoms with Gasteiger partial charge in [0.05, 0.1) is 33.5 Å². The van der Waals surface area contributed by atoms with Gasteiger partial charge in [-0.3, -0.25) is 0 Å². The maximum absolute atomic E-state index is 14.3. The van der Waals surface area contributed by atoms with Gasteiger partial charge < -0.3 is 25.6 Å². The maximum atomic E-state index is 14.3. The number of anilines is 2. The zero-order valence-electron chi connectivity index (χ0n) is 17.6. The van der Waals surface area contributed by atoms with Crippen LogP contribution in [0.5, 0.6) is 0 Å². The van der Waals surface area contributed by atoms with E-state index in [2.05, 4.69) is 20.5 Å². The Morgan fingerprint density at radius 2 is 1.94 bits per heavy atom. The summed E-state index contributed by atoms with van der Waals surface area (Å²) in [5, 5.41) is 16.3. The van der Waals surface area contributed by atoms with Crippen molar-refractivity contribution >= 4 is 39.3 Å². The van der Waals surface area contributed by atoms with Gasteiger partial charge in [-0.1, -0.05) is 12.1 Å². The fourth-order valence-corrected chi connectivity index (χ4v) is 3.61. The van der Waals surface area contributed by atoms with Gasteiger partial charge in [0.25, 0.3) is 0 Å². The van der Waals surface area contributed by atoms with E-state index in [-0.39, 0.29) is 11.4 Å². The minimum Gasteiger partial charge on any atom is -0.478 e. The number of H-pyrrole nitrogens is 1. The van der Waals surface area contributed by atoms with Crippen LogP contribution in [0.25, 0.3) is 33.2 Å². The molecule has 4 rings (SSSR count).